The minimum absolute atomic E-state index is 0.0394. The molecule has 2 aromatic rings. The number of nitrogens with one attached hydrogen (secondary N) is 2. The normalized spacial score (nSPS) is 30.8. The largest absolute Gasteiger partial charge is 0.361 e. The maximum Gasteiger partial charge on any atom is 0.228 e. The maximum atomic E-state index is 12.9. The monoisotopic (exact) mass is 377 g/mol. The van der Waals surface area contributed by atoms with Crippen LogP contribution in [0.1, 0.15) is 44.2 Å². The Morgan fingerprint density at radius 2 is 2.07 bits per heavy atom. The van der Waals surface area contributed by atoms with Gasteiger partial charge in [-0.1, -0.05) is 32.1 Å². The molecule has 148 valence electrons. The van der Waals surface area contributed by atoms with Gasteiger partial charge in [-0.05, 0) is 67.3 Å². The van der Waals surface area contributed by atoms with Crippen LogP contribution in [0.4, 0.5) is 0 Å². The van der Waals surface area contributed by atoms with Crippen molar-refractivity contribution in [2.75, 3.05) is 13.6 Å². The lowest BCUT2D eigenvalue weighted by molar-refractivity contribution is -0.124. The third kappa shape index (κ3) is 2.89. The van der Waals surface area contributed by atoms with Gasteiger partial charge in [0.25, 0.3) is 0 Å². The molecule has 3 aliphatic carbocycles. The van der Waals surface area contributed by atoms with Gasteiger partial charge in [-0.15, -0.1) is 0 Å². The Balaban J connectivity index is 0.000000829. The van der Waals surface area contributed by atoms with Gasteiger partial charge >= 0.3 is 0 Å². The minimum Gasteiger partial charge on any atom is -0.361 e. The van der Waals surface area contributed by atoms with E-state index >= 15 is 0 Å². The number of rotatable bonds is 3. The summed E-state index contributed by atoms with van der Waals surface area (Å²) in [6, 6.07) is 7.31. The molecule has 2 fully saturated rings. The van der Waals surface area contributed by atoms with E-state index in [-0.39, 0.29) is 11.8 Å². The molecule has 28 heavy (non-hydrogen) atoms. The van der Waals surface area contributed by atoms with Crippen molar-refractivity contribution in [3.8, 4) is 0 Å². The van der Waals surface area contributed by atoms with E-state index in [0.29, 0.717) is 12.1 Å². The number of likely N-dealkylation sites (N-methyl/N-ethyl adjacent to an activating group) is 1. The number of aromatic nitrogens is 1. The molecule has 1 aliphatic heterocycles. The zero-order valence-electron chi connectivity index (χ0n) is 17.2. The van der Waals surface area contributed by atoms with Crippen molar-refractivity contribution >= 4 is 22.4 Å². The first-order valence-electron chi connectivity index (χ1n) is 11.0. The van der Waals surface area contributed by atoms with Crippen LogP contribution in [-0.4, -0.2) is 41.5 Å². The van der Waals surface area contributed by atoms with E-state index in [2.05, 4.69) is 52.7 Å². The lowest BCUT2D eigenvalue weighted by atomic mass is 9.80. The second-order valence-corrected chi connectivity index (χ2v) is 8.78. The number of benzene rings is 1. The summed E-state index contributed by atoms with van der Waals surface area (Å²) in [6.45, 7) is 4.82. The molecule has 4 aliphatic rings. The summed E-state index contributed by atoms with van der Waals surface area (Å²) >= 11 is 0. The van der Waals surface area contributed by atoms with E-state index in [4.69, 9.17) is 0 Å². The van der Waals surface area contributed by atoms with Crippen LogP contribution >= 0.6 is 0 Å². The first-order valence-corrected chi connectivity index (χ1v) is 11.0. The van der Waals surface area contributed by atoms with Gasteiger partial charge in [0.1, 0.15) is 0 Å². The number of carbonyl (C=O) groups excluding carboxylic acids is 1. The molecule has 1 aromatic heterocycles. The quantitative estimate of drug-likeness (QED) is 0.850. The van der Waals surface area contributed by atoms with Gasteiger partial charge in [-0.3, -0.25) is 9.69 Å². The molecule has 6 rings (SSSR count). The Kier molecular flexibility index (Phi) is 4.35. The van der Waals surface area contributed by atoms with Crippen LogP contribution in [0.15, 0.2) is 30.5 Å². The van der Waals surface area contributed by atoms with Crippen molar-refractivity contribution in [1.29, 1.82) is 0 Å². The highest BCUT2D eigenvalue weighted by Gasteiger charge is 2.48. The molecule has 0 saturated heterocycles. The second-order valence-electron chi connectivity index (χ2n) is 8.78. The third-order valence-corrected chi connectivity index (χ3v) is 7.00. The van der Waals surface area contributed by atoms with Gasteiger partial charge in [-0.2, -0.15) is 0 Å². The topological polar surface area (TPSA) is 48.1 Å². The summed E-state index contributed by atoms with van der Waals surface area (Å²) < 4.78 is 0. The van der Waals surface area contributed by atoms with E-state index in [1.54, 1.807) is 0 Å². The number of H-pyrrole nitrogens is 1. The summed E-state index contributed by atoms with van der Waals surface area (Å²) in [6.07, 6.45) is 9.39. The summed E-state index contributed by atoms with van der Waals surface area (Å²) in [7, 11) is 2.17. The summed E-state index contributed by atoms with van der Waals surface area (Å²) in [5.74, 6) is 1.86. The summed E-state index contributed by atoms with van der Waals surface area (Å²) in [4.78, 5) is 18.7. The lowest BCUT2D eigenvalue weighted by Gasteiger charge is -2.39. The first kappa shape index (κ1) is 18.0. The highest BCUT2D eigenvalue weighted by Crippen LogP contribution is 2.50. The molecule has 4 atom stereocenters. The van der Waals surface area contributed by atoms with Gasteiger partial charge in [0.15, 0.2) is 0 Å². The molecule has 2 heterocycles. The van der Waals surface area contributed by atoms with Crippen LogP contribution in [0.2, 0.25) is 0 Å². The van der Waals surface area contributed by atoms with Gasteiger partial charge in [0, 0.05) is 35.7 Å². The zero-order chi connectivity index (χ0) is 19.4. The van der Waals surface area contributed by atoms with Crippen LogP contribution in [-0.2, 0) is 11.2 Å². The van der Waals surface area contributed by atoms with Crippen LogP contribution in [0, 0.1) is 17.8 Å². The molecule has 4 unspecified atom stereocenters. The number of amides is 1. The average Bonchev–Trinajstić information content (AvgIpc) is 3.63. The van der Waals surface area contributed by atoms with Crippen molar-refractivity contribution in [3.63, 3.8) is 0 Å². The van der Waals surface area contributed by atoms with Crippen molar-refractivity contribution in [2.45, 2.75) is 51.6 Å². The zero-order valence-corrected chi connectivity index (χ0v) is 17.2. The molecule has 2 saturated carbocycles. The molecular formula is C24H31N3O. The number of nitrogens with zero attached hydrogens (tertiary/aromatic N) is 1. The fourth-order valence-corrected chi connectivity index (χ4v) is 5.33. The van der Waals surface area contributed by atoms with E-state index in [0.717, 1.165) is 24.8 Å². The Labute approximate surface area is 167 Å². The van der Waals surface area contributed by atoms with Crippen LogP contribution < -0.4 is 5.32 Å². The summed E-state index contributed by atoms with van der Waals surface area (Å²) in [5, 5.41) is 4.68. The highest BCUT2D eigenvalue weighted by molar-refractivity contribution is 5.99. The van der Waals surface area contributed by atoms with Crippen molar-refractivity contribution in [3.05, 3.63) is 41.6 Å². The van der Waals surface area contributed by atoms with Crippen molar-refractivity contribution in [1.82, 2.24) is 15.2 Å². The molecular weight excluding hydrogens is 346 g/mol. The molecule has 0 radical (unpaired) electrons. The molecule has 2 N–H and O–H groups in total. The standard InChI is InChI=1S/C22H25N3O.C2H6/c1-25-11-14(22(26)24-19-9-16(19)12-5-6-12)7-17-15-3-2-4-18-21(15)13(10-23-18)8-20(17)25;1-2/h2-4,7,10,12,14,16,19-20,23H,5-6,8-9,11H2,1H3,(H,24,26);1-2H3. The fourth-order valence-electron chi connectivity index (χ4n) is 5.33. The predicted octanol–water partition coefficient (Wildman–Crippen LogP) is 3.98. The SMILES string of the molecule is CC.CN1CC(C(=O)NC2CC2C2CC2)C=C2c3cccc4[nH]cc(c34)CC21. The van der Waals surface area contributed by atoms with Crippen molar-refractivity contribution < 1.29 is 4.79 Å². The lowest BCUT2D eigenvalue weighted by Crippen LogP contribution is -2.47. The average molecular weight is 378 g/mol. The van der Waals surface area contributed by atoms with Gasteiger partial charge in [0.05, 0.1) is 5.92 Å². The first-order chi connectivity index (χ1) is 13.7. The Morgan fingerprint density at radius 1 is 1.25 bits per heavy atom. The van der Waals surface area contributed by atoms with Crippen molar-refractivity contribution in [2.24, 2.45) is 17.8 Å². The fraction of sp³-hybridized carbons (Fsp3) is 0.542. The molecule has 0 bridgehead atoms. The highest BCUT2D eigenvalue weighted by atomic mass is 16.2. The van der Waals surface area contributed by atoms with Crippen LogP contribution in [0.5, 0.6) is 0 Å². The van der Waals surface area contributed by atoms with Crippen LogP contribution in [0.25, 0.3) is 16.5 Å². The molecule has 1 aromatic carbocycles. The molecule has 4 heteroatoms. The third-order valence-electron chi connectivity index (χ3n) is 7.00. The predicted molar refractivity (Wildman–Crippen MR) is 114 cm³/mol. The number of carbonyl (C=O) groups is 1. The summed E-state index contributed by atoms with van der Waals surface area (Å²) in [5.41, 5.74) is 5.25. The number of hydrogen-bond donors (Lipinski definition) is 2. The van der Waals surface area contributed by atoms with Gasteiger partial charge < -0.3 is 10.3 Å². The number of hydrogen-bond acceptors (Lipinski definition) is 2. The van der Waals surface area contributed by atoms with Gasteiger partial charge in [-0.25, -0.2) is 0 Å². The smallest absolute Gasteiger partial charge is 0.228 e. The Hall–Kier alpha value is -2.07. The minimum atomic E-state index is -0.0394. The van der Waals surface area contributed by atoms with Gasteiger partial charge in [0.2, 0.25) is 5.91 Å². The van der Waals surface area contributed by atoms with E-state index < -0.39 is 0 Å². The van der Waals surface area contributed by atoms with E-state index in [9.17, 15) is 4.79 Å². The number of aromatic amines is 1. The second kappa shape index (κ2) is 6.77. The van der Waals surface area contributed by atoms with Crippen LogP contribution in [0.3, 0.4) is 0 Å². The maximum absolute atomic E-state index is 12.9. The molecule has 1 amide bonds. The Bertz CT molecular complexity index is 938. The molecule has 0 spiro atoms. The molecule has 4 nitrogen and oxygen atoms in total. The number of fused-ring (bicyclic) bond motifs is 2. The Morgan fingerprint density at radius 3 is 2.86 bits per heavy atom. The van der Waals surface area contributed by atoms with E-state index in [1.165, 1.54) is 46.9 Å². The van der Waals surface area contributed by atoms with E-state index in [1.807, 2.05) is 13.8 Å².